The lowest BCUT2D eigenvalue weighted by atomic mass is 9.77. The maximum absolute atomic E-state index is 12.6. The van der Waals surface area contributed by atoms with Gasteiger partial charge >= 0.3 is 5.97 Å². The van der Waals surface area contributed by atoms with Gasteiger partial charge in [0.05, 0.1) is 17.8 Å². The molecule has 0 spiro atoms. The molecule has 142 valence electrons. The van der Waals surface area contributed by atoms with E-state index in [0.29, 0.717) is 11.5 Å². The van der Waals surface area contributed by atoms with Gasteiger partial charge < -0.3 is 10.1 Å². The summed E-state index contributed by atoms with van der Waals surface area (Å²) in [6.07, 6.45) is 6.72. The van der Waals surface area contributed by atoms with Crippen molar-refractivity contribution < 1.29 is 14.7 Å². The minimum Gasteiger partial charge on any atom is -0.481 e. The summed E-state index contributed by atoms with van der Waals surface area (Å²) < 4.78 is 0. The molecule has 2 aromatic heterocycles. The van der Waals surface area contributed by atoms with Crippen molar-refractivity contribution in [3.8, 4) is 0 Å². The van der Waals surface area contributed by atoms with Crippen molar-refractivity contribution >= 4 is 17.3 Å². The zero-order chi connectivity index (χ0) is 19.6. The van der Waals surface area contributed by atoms with Crippen molar-refractivity contribution in [2.75, 3.05) is 0 Å². The van der Waals surface area contributed by atoms with E-state index in [9.17, 15) is 9.59 Å². The van der Waals surface area contributed by atoms with Crippen molar-refractivity contribution in [2.24, 2.45) is 5.41 Å². The summed E-state index contributed by atoms with van der Waals surface area (Å²) in [6.45, 7) is 6.32. The number of H-pyrrole nitrogens is 1. The maximum atomic E-state index is 12.6. The number of aliphatic carboxylic acids is 1. The SMILES string of the molecule is Cc1cnc(C(=O)Cc2ccc(CC(=O)O)nc2C2=CCC(C)(C)CC2)[nH]1. The van der Waals surface area contributed by atoms with Crippen LogP contribution >= 0.6 is 0 Å². The van der Waals surface area contributed by atoms with E-state index >= 15 is 0 Å². The second-order valence-electron chi connectivity index (χ2n) is 7.99. The summed E-state index contributed by atoms with van der Waals surface area (Å²) in [7, 11) is 0. The van der Waals surface area contributed by atoms with Gasteiger partial charge in [0.15, 0.2) is 5.82 Å². The number of pyridine rings is 1. The number of Topliss-reactive ketones (excluding diaryl/α,β-unsaturated/α-hetero) is 1. The Morgan fingerprint density at radius 3 is 2.63 bits per heavy atom. The van der Waals surface area contributed by atoms with E-state index in [1.165, 1.54) is 0 Å². The van der Waals surface area contributed by atoms with Crippen LogP contribution in [0.5, 0.6) is 0 Å². The van der Waals surface area contributed by atoms with Crippen LogP contribution in [0.1, 0.15) is 66.4 Å². The van der Waals surface area contributed by atoms with Gasteiger partial charge in [0.1, 0.15) is 0 Å². The van der Waals surface area contributed by atoms with E-state index in [4.69, 9.17) is 5.11 Å². The number of rotatable bonds is 6. The largest absolute Gasteiger partial charge is 0.481 e. The Kier molecular flexibility index (Phi) is 5.26. The molecule has 6 heteroatoms. The number of ketones is 1. The van der Waals surface area contributed by atoms with Crippen LogP contribution in [0, 0.1) is 12.3 Å². The van der Waals surface area contributed by atoms with Crippen LogP contribution in [-0.2, 0) is 17.6 Å². The second kappa shape index (κ2) is 7.47. The first-order valence-corrected chi connectivity index (χ1v) is 9.18. The molecule has 0 unspecified atom stereocenters. The highest BCUT2D eigenvalue weighted by molar-refractivity contribution is 5.94. The van der Waals surface area contributed by atoms with Crippen molar-refractivity contribution in [1.82, 2.24) is 15.0 Å². The number of nitrogens with zero attached hydrogens (tertiary/aromatic N) is 2. The van der Waals surface area contributed by atoms with Crippen molar-refractivity contribution in [2.45, 2.75) is 52.9 Å². The lowest BCUT2D eigenvalue weighted by Gasteiger charge is -2.29. The number of allylic oxidation sites excluding steroid dienone is 2. The molecule has 27 heavy (non-hydrogen) atoms. The van der Waals surface area contributed by atoms with Gasteiger partial charge in [-0.25, -0.2) is 4.98 Å². The third kappa shape index (κ3) is 4.70. The molecule has 0 bridgehead atoms. The molecule has 0 fully saturated rings. The first-order chi connectivity index (χ1) is 12.7. The molecule has 3 rings (SSSR count). The molecule has 0 aliphatic heterocycles. The van der Waals surface area contributed by atoms with E-state index in [1.54, 1.807) is 12.3 Å². The molecule has 2 N–H and O–H groups in total. The van der Waals surface area contributed by atoms with Gasteiger partial charge in [-0.15, -0.1) is 0 Å². The van der Waals surface area contributed by atoms with Crippen LogP contribution in [0.2, 0.25) is 0 Å². The third-order valence-electron chi connectivity index (χ3n) is 4.96. The fourth-order valence-corrected chi connectivity index (χ4v) is 3.31. The smallest absolute Gasteiger partial charge is 0.309 e. The topological polar surface area (TPSA) is 95.9 Å². The number of carboxylic acid groups (broad SMARTS) is 1. The lowest BCUT2D eigenvalue weighted by Crippen LogP contribution is -2.16. The summed E-state index contributed by atoms with van der Waals surface area (Å²) >= 11 is 0. The zero-order valence-corrected chi connectivity index (χ0v) is 16.0. The predicted octanol–water partition coefficient (Wildman–Crippen LogP) is 3.76. The average Bonchev–Trinajstić information content (AvgIpc) is 3.02. The van der Waals surface area contributed by atoms with Crippen LogP contribution < -0.4 is 0 Å². The van der Waals surface area contributed by atoms with E-state index in [0.717, 1.165) is 41.8 Å². The molecule has 1 aliphatic rings. The molecule has 0 saturated carbocycles. The van der Waals surface area contributed by atoms with Gasteiger partial charge in [0, 0.05) is 18.3 Å². The summed E-state index contributed by atoms with van der Waals surface area (Å²) in [4.78, 5) is 35.3. The highest BCUT2D eigenvalue weighted by Crippen LogP contribution is 2.38. The summed E-state index contributed by atoms with van der Waals surface area (Å²) in [5, 5.41) is 9.08. The third-order valence-corrected chi connectivity index (χ3v) is 4.96. The number of nitrogens with one attached hydrogen (secondary N) is 1. The quantitative estimate of drug-likeness (QED) is 0.758. The Hall–Kier alpha value is -2.76. The number of aromatic nitrogens is 3. The number of hydrogen-bond acceptors (Lipinski definition) is 4. The van der Waals surface area contributed by atoms with Crippen molar-refractivity contribution in [1.29, 1.82) is 0 Å². The minimum atomic E-state index is -0.915. The Morgan fingerprint density at radius 2 is 2.04 bits per heavy atom. The highest BCUT2D eigenvalue weighted by atomic mass is 16.4. The first-order valence-electron chi connectivity index (χ1n) is 9.18. The van der Waals surface area contributed by atoms with Gasteiger partial charge in [-0.3, -0.25) is 14.6 Å². The number of imidazole rings is 1. The van der Waals surface area contributed by atoms with Crippen LogP contribution in [0.3, 0.4) is 0 Å². The minimum absolute atomic E-state index is 0.103. The van der Waals surface area contributed by atoms with Gasteiger partial charge in [0.2, 0.25) is 5.78 Å². The fourth-order valence-electron chi connectivity index (χ4n) is 3.31. The van der Waals surface area contributed by atoms with Crippen molar-refractivity contribution in [3.63, 3.8) is 0 Å². The standard InChI is InChI=1S/C21H25N3O3/c1-13-12-22-20(23-13)17(25)10-15-4-5-16(11-18(26)27)24-19(15)14-6-8-21(2,3)9-7-14/h4-6,12H,7-11H2,1-3H3,(H,22,23)(H,26,27). The van der Waals surface area contributed by atoms with E-state index < -0.39 is 5.97 Å². The monoisotopic (exact) mass is 367 g/mol. The number of carbonyl (C=O) groups excluding carboxylic acids is 1. The summed E-state index contributed by atoms with van der Waals surface area (Å²) in [6, 6.07) is 3.52. The lowest BCUT2D eigenvalue weighted by molar-refractivity contribution is -0.136. The van der Waals surface area contributed by atoms with Crippen molar-refractivity contribution in [3.05, 3.63) is 52.9 Å². The first kappa shape index (κ1) is 19.0. The fraction of sp³-hybridized carbons (Fsp3) is 0.429. The Bertz CT molecular complexity index is 909. The molecule has 0 atom stereocenters. The number of carboxylic acids is 1. The van der Waals surface area contributed by atoms with E-state index in [-0.39, 0.29) is 24.0 Å². The molecule has 0 saturated heterocycles. The highest BCUT2D eigenvalue weighted by Gasteiger charge is 2.24. The summed E-state index contributed by atoms with van der Waals surface area (Å²) in [5.41, 5.74) is 4.26. The normalized spacial score (nSPS) is 16.0. The molecule has 2 aromatic rings. The molecule has 1 aliphatic carbocycles. The van der Waals surface area contributed by atoms with Gasteiger partial charge in [-0.05, 0) is 48.8 Å². The number of carbonyl (C=O) groups is 2. The number of aryl methyl sites for hydroxylation is 1. The molecular weight excluding hydrogens is 342 g/mol. The Balaban J connectivity index is 1.93. The van der Waals surface area contributed by atoms with E-state index in [2.05, 4.69) is 34.9 Å². The molecule has 0 amide bonds. The van der Waals surface area contributed by atoms with Crippen LogP contribution in [-0.4, -0.2) is 31.8 Å². The van der Waals surface area contributed by atoms with Crippen LogP contribution in [0.15, 0.2) is 24.4 Å². The number of aromatic amines is 1. The Morgan fingerprint density at radius 1 is 1.26 bits per heavy atom. The van der Waals surface area contributed by atoms with Crippen LogP contribution in [0.4, 0.5) is 0 Å². The molecule has 2 heterocycles. The zero-order valence-electron chi connectivity index (χ0n) is 16.0. The number of hydrogen-bond donors (Lipinski definition) is 2. The van der Waals surface area contributed by atoms with Gasteiger partial charge in [-0.2, -0.15) is 0 Å². The molecule has 0 radical (unpaired) electrons. The van der Waals surface area contributed by atoms with Gasteiger partial charge in [0.25, 0.3) is 0 Å². The summed E-state index contributed by atoms with van der Waals surface area (Å²) in [5.74, 6) is -0.678. The molecule has 6 nitrogen and oxygen atoms in total. The average molecular weight is 367 g/mol. The predicted molar refractivity (Wildman–Crippen MR) is 103 cm³/mol. The molecular formula is C21H25N3O3. The second-order valence-corrected chi connectivity index (χ2v) is 7.99. The van der Waals surface area contributed by atoms with E-state index in [1.807, 2.05) is 13.0 Å². The van der Waals surface area contributed by atoms with Gasteiger partial charge in [-0.1, -0.05) is 26.0 Å². The Labute approximate surface area is 158 Å². The maximum Gasteiger partial charge on any atom is 0.309 e. The molecule has 0 aromatic carbocycles. The van der Waals surface area contributed by atoms with Crippen LogP contribution in [0.25, 0.3) is 5.57 Å².